The van der Waals surface area contributed by atoms with Gasteiger partial charge < -0.3 is 10.6 Å². The van der Waals surface area contributed by atoms with Crippen LogP contribution in [0.25, 0.3) is 0 Å². The fraction of sp³-hybridized carbons (Fsp3) is 0.312. The first kappa shape index (κ1) is 14.2. The molecule has 1 aliphatic heterocycles. The zero-order valence-corrected chi connectivity index (χ0v) is 12.6. The molecule has 1 aromatic carbocycles. The number of nitrogen functional groups attached to an aromatic ring is 1. The maximum Gasteiger partial charge on any atom is 0.153 e. The fourth-order valence-electron chi connectivity index (χ4n) is 2.65. The lowest BCUT2D eigenvalue weighted by atomic mass is 10.2. The van der Waals surface area contributed by atoms with Gasteiger partial charge in [-0.2, -0.15) is 0 Å². The second kappa shape index (κ2) is 6.33. The third-order valence-corrected chi connectivity index (χ3v) is 4.00. The second-order valence-electron chi connectivity index (χ2n) is 5.30. The van der Waals surface area contributed by atoms with Crippen molar-refractivity contribution in [1.29, 1.82) is 0 Å². The van der Waals surface area contributed by atoms with Gasteiger partial charge in [0.2, 0.25) is 0 Å². The maximum absolute atomic E-state index is 6.00. The lowest BCUT2D eigenvalue weighted by Gasteiger charge is -2.35. The minimum absolute atomic E-state index is 0.492. The Bertz CT molecular complexity index is 594. The van der Waals surface area contributed by atoms with Crippen molar-refractivity contribution >= 4 is 23.1 Å². The minimum atomic E-state index is 0.492. The Morgan fingerprint density at radius 2 is 1.71 bits per heavy atom. The molecule has 1 aliphatic rings. The van der Waals surface area contributed by atoms with Gasteiger partial charge in [-0.15, -0.1) is 0 Å². The molecule has 0 unspecified atom stereocenters. The topological polar surface area (TPSA) is 45.4 Å². The number of hydrogen-bond donors (Lipinski definition) is 1. The molecule has 0 saturated carbocycles. The normalized spacial score (nSPS) is 16.1. The number of aromatic nitrogens is 1. The summed E-state index contributed by atoms with van der Waals surface area (Å²) in [6.45, 7) is 4.84. The van der Waals surface area contributed by atoms with Crippen molar-refractivity contribution < 1.29 is 0 Å². The average Bonchev–Trinajstić information content (AvgIpc) is 2.52. The summed E-state index contributed by atoms with van der Waals surface area (Å²) in [6.07, 6.45) is 0. The molecular formula is C16H19ClN4. The van der Waals surface area contributed by atoms with E-state index in [4.69, 9.17) is 17.3 Å². The molecule has 4 nitrogen and oxygen atoms in total. The Hall–Kier alpha value is -1.78. The van der Waals surface area contributed by atoms with Crippen LogP contribution in [0.5, 0.6) is 0 Å². The third-order valence-electron chi connectivity index (χ3n) is 3.79. The van der Waals surface area contributed by atoms with Crippen LogP contribution in [-0.2, 0) is 6.54 Å². The molecule has 0 radical (unpaired) electrons. The highest BCUT2D eigenvalue weighted by atomic mass is 35.5. The van der Waals surface area contributed by atoms with Gasteiger partial charge in [-0.3, -0.25) is 4.90 Å². The van der Waals surface area contributed by atoms with Crippen LogP contribution in [0.1, 0.15) is 5.56 Å². The van der Waals surface area contributed by atoms with Crippen LogP contribution in [-0.4, -0.2) is 36.1 Å². The number of pyridine rings is 1. The molecule has 2 heterocycles. The van der Waals surface area contributed by atoms with E-state index in [0.717, 1.165) is 38.5 Å². The summed E-state index contributed by atoms with van der Waals surface area (Å²) in [4.78, 5) is 9.02. The van der Waals surface area contributed by atoms with Gasteiger partial charge >= 0.3 is 0 Å². The summed E-state index contributed by atoms with van der Waals surface area (Å²) in [6, 6.07) is 14.1. The second-order valence-corrected chi connectivity index (χ2v) is 5.68. The Morgan fingerprint density at radius 3 is 2.43 bits per heavy atom. The van der Waals surface area contributed by atoms with Gasteiger partial charge in [0.25, 0.3) is 0 Å². The van der Waals surface area contributed by atoms with Crippen molar-refractivity contribution in [3.05, 3.63) is 53.2 Å². The van der Waals surface area contributed by atoms with Gasteiger partial charge in [-0.1, -0.05) is 41.9 Å². The highest BCUT2D eigenvalue weighted by Gasteiger charge is 2.19. The molecule has 0 bridgehead atoms. The highest BCUT2D eigenvalue weighted by Crippen LogP contribution is 2.24. The molecule has 5 heteroatoms. The average molecular weight is 303 g/mol. The molecule has 3 rings (SSSR count). The Labute approximate surface area is 130 Å². The fourth-order valence-corrected chi connectivity index (χ4v) is 2.79. The number of piperazine rings is 1. The molecule has 0 amide bonds. The third kappa shape index (κ3) is 3.46. The summed E-state index contributed by atoms with van der Waals surface area (Å²) in [5.74, 6) is 0.807. The Balaban J connectivity index is 1.61. The lowest BCUT2D eigenvalue weighted by molar-refractivity contribution is 0.249. The quantitative estimate of drug-likeness (QED) is 0.885. The van der Waals surface area contributed by atoms with Crippen LogP contribution in [0, 0.1) is 0 Å². The maximum atomic E-state index is 6.00. The van der Waals surface area contributed by atoms with Gasteiger partial charge in [0.05, 0.1) is 5.69 Å². The summed E-state index contributed by atoms with van der Waals surface area (Å²) in [5, 5.41) is 0.492. The SMILES string of the molecule is Nc1ccc(Cl)nc1N1CCN(Cc2ccccc2)CC1. The van der Waals surface area contributed by atoms with E-state index in [-0.39, 0.29) is 0 Å². The summed E-state index contributed by atoms with van der Waals surface area (Å²) >= 11 is 5.97. The van der Waals surface area contributed by atoms with Crippen LogP contribution in [0.4, 0.5) is 11.5 Å². The number of benzene rings is 1. The van der Waals surface area contributed by atoms with Crippen LogP contribution in [0.15, 0.2) is 42.5 Å². The summed E-state index contributed by atoms with van der Waals surface area (Å²) < 4.78 is 0. The molecular weight excluding hydrogens is 284 g/mol. The van der Waals surface area contributed by atoms with E-state index in [2.05, 4.69) is 45.1 Å². The smallest absolute Gasteiger partial charge is 0.153 e. The van der Waals surface area contributed by atoms with E-state index < -0.39 is 0 Å². The van der Waals surface area contributed by atoms with Crippen LogP contribution < -0.4 is 10.6 Å². The van der Waals surface area contributed by atoms with Crippen LogP contribution in [0.2, 0.25) is 5.15 Å². The summed E-state index contributed by atoms with van der Waals surface area (Å²) in [5.41, 5.74) is 8.05. The van der Waals surface area contributed by atoms with Crippen molar-refractivity contribution in [2.75, 3.05) is 36.8 Å². The number of rotatable bonds is 3. The molecule has 0 spiro atoms. The number of nitrogens with zero attached hydrogens (tertiary/aromatic N) is 3. The van der Waals surface area contributed by atoms with E-state index in [1.807, 2.05) is 6.07 Å². The number of halogens is 1. The van der Waals surface area contributed by atoms with Gasteiger partial charge in [0.15, 0.2) is 5.82 Å². The van der Waals surface area contributed by atoms with E-state index >= 15 is 0 Å². The first-order valence-electron chi connectivity index (χ1n) is 7.15. The molecule has 2 aromatic rings. The zero-order chi connectivity index (χ0) is 14.7. The molecule has 0 atom stereocenters. The first-order valence-corrected chi connectivity index (χ1v) is 7.53. The lowest BCUT2D eigenvalue weighted by Crippen LogP contribution is -2.46. The molecule has 1 aromatic heterocycles. The van der Waals surface area contributed by atoms with Crippen molar-refractivity contribution in [3.63, 3.8) is 0 Å². The predicted molar refractivity (Wildman–Crippen MR) is 87.6 cm³/mol. The van der Waals surface area contributed by atoms with Crippen LogP contribution in [0.3, 0.4) is 0 Å². The molecule has 21 heavy (non-hydrogen) atoms. The minimum Gasteiger partial charge on any atom is -0.396 e. The molecule has 0 aliphatic carbocycles. The molecule has 1 fully saturated rings. The van der Waals surface area contributed by atoms with E-state index in [1.54, 1.807) is 6.07 Å². The van der Waals surface area contributed by atoms with Gasteiger partial charge in [0.1, 0.15) is 5.15 Å². The van der Waals surface area contributed by atoms with Crippen molar-refractivity contribution in [2.45, 2.75) is 6.54 Å². The summed E-state index contributed by atoms with van der Waals surface area (Å²) in [7, 11) is 0. The number of nitrogens with two attached hydrogens (primary N) is 1. The molecule has 110 valence electrons. The van der Waals surface area contributed by atoms with E-state index in [1.165, 1.54) is 5.56 Å². The zero-order valence-electron chi connectivity index (χ0n) is 11.9. The number of hydrogen-bond acceptors (Lipinski definition) is 4. The molecule has 1 saturated heterocycles. The standard InChI is InChI=1S/C16H19ClN4/c17-15-7-6-14(18)16(19-15)21-10-8-20(9-11-21)12-13-4-2-1-3-5-13/h1-7H,8-12,18H2. The van der Waals surface area contributed by atoms with E-state index in [9.17, 15) is 0 Å². The largest absolute Gasteiger partial charge is 0.396 e. The van der Waals surface area contributed by atoms with Gasteiger partial charge in [0, 0.05) is 32.7 Å². The number of anilines is 2. The highest BCUT2D eigenvalue weighted by molar-refractivity contribution is 6.29. The van der Waals surface area contributed by atoms with Crippen molar-refractivity contribution in [3.8, 4) is 0 Å². The van der Waals surface area contributed by atoms with Crippen molar-refractivity contribution in [2.24, 2.45) is 0 Å². The van der Waals surface area contributed by atoms with E-state index in [0.29, 0.717) is 10.8 Å². The van der Waals surface area contributed by atoms with Gasteiger partial charge in [-0.05, 0) is 17.7 Å². The molecule has 2 N–H and O–H groups in total. The monoisotopic (exact) mass is 302 g/mol. The predicted octanol–water partition coefficient (Wildman–Crippen LogP) is 2.64. The first-order chi connectivity index (χ1) is 10.2. The Kier molecular flexibility index (Phi) is 4.27. The Morgan fingerprint density at radius 1 is 1.00 bits per heavy atom. The van der Waals surface area contributed by atoms with Crippen LogP contribution >= 0.6 is 11.6 Å². The van der Waals surface area contributed by atoms with Crippen molar-refractivity contribution in [1.82, 2.24) is 9.88 Å². The van der Waals surface area contributed by atoms with Gasteiger partial charge in [-0.25, -0.2) is 4.98 Å².